The molecule has 2 saturated heterocycles. The summed E-state index contributed by atoms with van der Waals surface area (Å²) in [5.74, 6) is 1.23. The van der Waals surface area contributed by atoms with Crippen LogP contribution < -0.4 is 5.32 Å². The highest BCUT2D eigenvalue weighted by molar-refractivity contribution is 14.0. The number of nitrogens with zero attached hydrogens (tertiary/aromatic N) is 5. The van der Waals surface area contributed by atoms with Crippen molar-refractivity contribution in [2.75, 3.05) is 52.4 Å². The largest absolute Gasteiger partial charge is 0.357 e. The van der Waals surface area contributed by atoms with Gasteiger partial charge in [-0.15, -0.1) is 24.0 Å². The Morgan fingerprint density at radius 1 is 1.00 bits per heavy atom. The molecule has 0 unspecified atom stereocenters. The SMILES string of the molecule is CCNC(=NCc1cccc(-c2ccccn2)c1)N1CCN(CC(=O)N2CCCC2)CC1.I. The molecule has 2 aliphatic heterocycles. The number of carbonyl (C=O) groups excluding carboxylic acids is 1. The van der Waals surface area contributed by atoms with Gasteiger partial charge in [0.05, 0.1) is 18.8 Å². The van der Waals surface area contributed by atoms with Crippen LogP contribution in [0.1, 0.15) is 25.3 Å². The van der Waals surface area contributed by atoms with Crippen molar-refractivity contribution in [1.29, 1.82) is 0 Å². The third-order valence-corrected chi connectivity index (χ3v) is 6.12. The van der Waals surface area contributed by atoms with Gasteiger partial charge in [-0.05, 0) is 43.5 Å². The molecule has 1 amide bonds. The molecule has 0 radical (unpaired) electrons. The smallest absolute Gasteiger partial charge is 0.236 e. The van der Waals surface area contributed by atoms with E-state index in [2.05, 4.69) is 51.3 Å². The van der Waals surface area contributed by atoms with E-state index in [0.29, 0.717) is 13.1 Å². The second-order valence-corrected chi connectivity index (χ2v) is 8.44. The summed E-state index contributed by atoms with van der Waals surface area (Å²) in [5.41, 5.74) is 3.25. The van der Waals surface area contributed by atoms with E-state index in [4.69, 9.17) is 4.99 Å². The Balaban J connectivity index is 0.00000306. The van der Waals surface area contributed by atoms with Gasteiger partial charge in [0.15, 0.2) is 5.96 Å². The zero-order valence-electron chi connectivity index (χ0n) is 19.4. The van der Waals surface area contributed by atoms with Crippen molar-refractivity contribution < 1.29 is 4.79 Å². The average molecular weight is 563 g/mol. The average Bonchev–Trinajstić information content (AvgIpc) is 3.38. The number of hydrogen-bond acceptors (Lipinski definition) is 4. The fourth-order valence-corrected chi connectivity index (χ4v) is 4.33. The Bertz CT molecular complexity index is 908. The van der Waals surface area contributed by atoms with Gasteiger partial charge in [-0.2, -0.15) is 0 Å². The van der Waals surface area contributed by atoms with Gasteiger partial charge < -0.3 is 15.1 Å². The lowest BCUT2D eigenvalue weighted by atomic mass is 10.1. The molecule has 0 spiro atoms. The highest BCUT2D eigenvalue weighted by atomic mass is 127. The normalized spacial score (nSPS) is 17.1. The van der Waals surface area contributed by atoms with Crippen LogP contribution in [0, 0.1) is 0 Å². The van der Waals surface area contributed by atoms with E-state index >= 15 is 0 Å². The Morgan fingerprint density at radius 3 is 2.48 bits per heavy atom. The van der Waals surface area contributed by atoms with Crippen molar-refractivity contribution in [3.63, 3.8) is 0 Å². The highest BCUT2D eigenvalue weighted by Gasteiger charge is 2.24. The number of pyridine rings is 1. The van der Waals surface area contributed by atoms with Gasteiger partial charge in [0.1, 0.15) is 0 Å². The molecule has 4 rings (SSSR count). The van der Waals surface area contributed by atoms with E-state index in [1.807, 2.05) is 29.3 Å². The summed E-state index contributed by atoms with van der Waals surface area (Å²) in [6.07, 6.45) is 4.11. The molecular weight excluding hydrogens is 527 g/mol. The number of nitrogens with one attached hydrogen (secondary N) is 1. The molecule has 2 fully saturated rings. The number of rotatable bonds is 6. The Labute approximate surface area is 214 Å². The van der Waals surface area contributed by atoms with Crippen molar-refractivity contribution in [1.82, 2.24) is 25.0 Å². The maximum atomic E-state index is 12.5. The van der Waals surface area contributed by atoms with Crippen LogP contribution in [-0.4, -0.2) is 83.9 Å². The minimum atomic E-state index is 0. The van der Waals surface area contributed by atoms with Gasteiger partial charge >= 0.3 is 0 Å². The molecule has 1 aromatic carbocycles. The van der Waals surface area contributed by atoms with Gasteiger partial charge in [-0.1, -0.05) is 24.3 Å². The van der Waals surface area contributed by atoms with Gasteiger partial charge in [0, 0.05) is 57.6 Å². The fraction of sp³-hybridized carbons (Fsp3) is 0.480. The molecule has 8 heteroatoms. The molecular formula is C25H35IN6O. The first kappa shape index (κ1) is 25.4. The van der Waals surface area contributed by atoms with Crippen molar-refractivity contribution >= 4 is 35.8 Å². The van der Waals surface area contributed by atoms with Crippen LogP contribution in [0.15, 0.2) is 53.7 Å². The number of piperazine rings is 1. The van der Waals surface area contributed by atoms with E-state index < -0.39 is 0 Å². The van der Waals surface area contributed by atoms with Gasteiger partial charge in [0.25, 0.3) is 0 Å². The van der Waals surface area contributed by atoms with Crippen LogP contribution in [-0.2, 0) is 11.3 Å². The van der Waals surface area contributed by atoms with Crippen molar-refractivity contribution in [2.45, 2.75) is 26.3 Å². The van der Waals surface area contributed by atoms with Gasteiger partial charge in [-0.25, -0.2) is 4.99 Å². The summed E-state index contributed by atoms with van der Waals surface area (Å²) in [5, 5.41) is 3.44. The summed E-state index contributed by atoms with van der Waals surface area (Å²) >= 11 is 0. The fourth-order valence-electron chi connectivity index (χ4n) is 4.33. The number of aromatic nitrogens is 1. The van der Waals surface area contributed by atoms with Crippen molar-refractivity contribution in [3.05, 3.63) is 54.2 Å². The summed E-state index contributed by atoms with van der Waals surface area (Å²) in [6, 6.07) is 14.4. The lowest BCUT2D eigenvalue weighted by Gasteiger charge is -2.36. The van der Waals surface area contributed by atoms with Crippen LogP contribution >= 0.6 is 24.0 Å². The number of likely N-dealkylation sites (tertiary alicyclic amines) is 1. The van der Waals surface area contributed by atoms with Crippen molar-refractivity contribution in [2.24, 2.45) is 4.99 Å². The number of amides is 1. The van der Waals surface area contributed by atoms with Crippen LogP contribution in [0.4, 0.5) is 0 Å². The third-order valence-electron chi connectivity index (χ3n) is 6.12. The minimum absolute atomic E-state index is 0. The monoisotopic (exact) mass is 562 g/mol. The molecule has 0 aliphatic carbocycles. The minimum Gasteiger partial charge on any atom is -0.357 e. The Hall–Kier alpha value is -2.20. The number of aliphatic imine (C=N–C) groups is 1. The van der Waals surface area contributed by atoms with Crippen LogP contribution in [0.3, 0.4) is 0 Å². The second-order valence-electron chi connectivity index (χ2n) is 8.44. The molecule has 7 nitrogen and oxygen atoms in total. The first-order valence-corrected chi connectivity index (χ1v) is 11.8. The molecule has 1 N–H and O–H groups in total. The van der Waals surface area contributed by atoms with Crippen LogP contribution in [0.2, 0.25) is 0 Å². The Morgan fingerprint density at radius 2 is 1.79 bits per heavy atom. The quantitative estimate of drug-likeness (QED) is 0.333. The molecule has 2 aliphatic rings. The van der Waals surface area contributed by atoms with Crippen LogP contribution in [0.5, 0.6) is 0 Å². The molecule has 0 bridgehead atoms. The predicted molar refractivity (Wildman–Crippen MR) is 144 cm³/mol. The number of benzene rings is 1. The first-order valence-electron chi connectivity index (χ1n) is 11.8. The molecule has 33 heavy (non-hydrogen) atoms. The third kappa shape index (κ3) is 7.14. The number of guanidine groups is 1. The zero-order valence-corrected chi connectivity index (χ0v) is 21.8. The lowest BCUT2D eigenvalue weighted by Crippen LogP contribution is -2.54. The molecule has 1 aromatic heterocycles. The number of carbonyl (C=O) groups is 1. The Kier molecular flexibility index (Phi) is 9.93. The number of hydrogen-bond donors (Lipinski definition) is 1. The standard InChI is InChI=1S/C25H34N6O.HI/c1-2-26-25(28-19-21-8-7-9-22(18-21)23-10-3-4-11-27-23)31-16-14-29(15-17-31)20-24(32)30-12-5-6-13-30;/h3-4,7-11,18H,2,5-6,12-17,19-20H2,1H3,(H,26,28);1H. The van der Waals surface area contributed by atoms with E-state index in [0.717, 1.165) is 75.9 Å². The maximum absolute atomic E-state index is 12.5. The van der Waals surface area contributed by atoms with Crippen molar-refractivity contribution in [3.8, 4) is 11.3 Å². The predicted octanol–water partition coefficient (Wildman–Crippen LogP) is 3.07. The topological polar surface area (TPSA) is 64.1 Å². The summed E-state index contributed by atoms with van der Waals surface area (Å²) in [6.45, 7) is 9.49. The highest BCUT2D eigenvalue weighted by Crippen LogP contribution is 2.18. The van der Waals surface area contributed by atoms with E-state index in [9.17, 15) is 4.79 Å². The zero-order chi connectivity index (χ0) is 22.2. The maximum Gasteiger partial charge on any atom is 0.236 e. The van der Waals surface area contributed by atoms with E-state index in [1.54, 1.807) is 0 Å². The first-order chi connectivity index (χ1) is 15.7. The van der Waals surface area contributed by atoms with E-state index in [-0.39, 0.29) is 29.9 Å². The molecule has 0 atom stereocenters. The van der Waals surface area contributed by atoms with Gasteiger partial charge in [0.2, 0.25) is 5.91 Å². The van der Waals surface area contributed by atoms with Gasteiger partial charge in [-0.3, -0.25) is 14.7 Å². The second kappa shape index (κ2) is 12.9. The molecule has 3 heterocycles. The molecule has 0 saturated carbocycles. The number of halogens is 1. The summed E-state index contributed by atoms with van der Waals surface area (Å²) in [7, 11) is 0. The van der Waals surface area contributed by atoms with Crippen LogP contribution in [0.25, 0.3) is 11.3 Å². The molecule has 2 aromatic rings. The summed E-state index contributed by atoms with van der Waals surface area (Å²) < 4.78 is 0. The summed E-state index contributed by atoms with van der Waals surface area (Å²) in [4.78, 5) is 28.4. The van der Waals surface area contributed by atoms with E-state index in [1.165, 1.54) is 5.56 Å². The molecule has 178 valence electrons. The lowest BCUT2D eigenvalue weighted by molar-refractivity contribution is -0.131.